The number of hydrogen-bond acceptors (Lipinski definition) is 9. The molecule has 1 saturated heterocycles. The van der Waals surface area contributed by atoms with E-state index < -0.39 is 33.0 Å². The van der Waals surface area contributed by atoms with Crippen molar-refractivity contribution in [3.8, 4) is 0 Å². The molecule has 2 aromatic carbocycles. The highest BCUT2D eigenvalue weighted by Gasteiger charge is 2.57. The molecule has 4 heterocycles. The second-order valence-corrected chi connectivity index (χ2v) is 13.8. The molecule has 10 nitrogen and oxygen atoms in total. The van der Waals surface area contributed by atoms with Gasteiger partial charge in [-0.3, -0.25) is 23.7 Å². The molecule has 4 aromatic rings. The van der Waals surface area contributed by atoms with Crippen molar-refractivity contribution in [2.45, 2.75) is 27.6 Å². The number of nitrogens with zero attached hydrogens (tertiary/aromatic N) is 2. The lowest BCUT2D eigenvalue weighted by atomic mass is 9.87. The van der Waals surface area contributed by atoms with Crippen molar-refractivity contribution >= 4 is 73.6 Å². The van der Waals surface area contributed by atoms with Crippen LogP contribution in [0.5, 0.6) is 0 Å². The van der Waals surface area contributed by atoms with E-state index in [1.165, 1.54) is 45.1 Å². The number of thiazole rings is 1. The predicted molar refractivity (Wildman–Crippen MR) is 153 cm³/mol. The van der Waals surface area contributed by atoms with Crippen molar-refractivity contribution in [1.82, 2.24) is 4.57 Å². The molecule has 3 atom stereocenters. The zero-order valence-corrected chi connectivity index (χ0v) is 23.7. The Bertz CT molecular complexity index is 1800. The Kier molecular flexibility index (Phi) is 6.74. The topological polar surface area (TPSA) is 149 Å². The molecule has 0 saturated carbocycles. The van der Waals surface area contributed by atoms with E-state index in [4.69, 9.17) is 5.14 Å². The van der Waals surface area contributed by atoms with Crippen molar-refractivity contribution in [2.24, 2.45) is 11.1 Å². The minimum atomic E-state index is -3.88. The maximum Gasteiger partial charge on any atom is 0.308 e. The molecule has 0 spiro atoms. The number of aromatic nitrogens is 1. The molecule has 3 amide bonds. The first-order valence-corrected chi connectivity index (χ1v) is 16.0. The SMILES string of the molecule is NS(=O)(=O)c1ccc(NC(=O)Cn2c3c(sc2=O)[C@@H](c2cccs2)[C@@H]2C(=O)N(c4ccccc4)C(=O)[C@@H]2S3)cc1. The lowest BCUT2D eigenvalue weighted by molar-refractivity contribution is -0.122. The Hall–Kier alpha value is -3.56. The van der Waals surface area contributed by atoms with Crippen LogP contribution in [0, 0.1) is 5.92 Å². The second-order valence-electron chi connectivity index (χ2n) is 9.15. The number of primary sulfonamides is 1. The number of amides is 3. The summed E-state index contributed by atoms with van der Waals surface area (Å²) in [6.07, 6.45) is 0. The first-order valence-electron chi connectivity index (χ1n) is 11.9. The number of nitrogens with two attached hydrogens (primary N) is 1. The number of fused-ring (bicyclic) bond motifs is 2. The molecule has 2 aromatic heterocycles. The number of para-hydroxylation sites is 1. The smallest absolute Gasteiger partial charge is 0.308 e. The summed E-state index contributed by atoms with van der Waals surface area (Å²) in [7, 11) is -3.88. The summed E-state index contributed by atoms with van der Waals surface area (Å²) in [4.78, 5) is 55.7. The van der Waals surface area contributed by atoms with Crippen LogP contribution in [-0.4, -0.2) is 36.0 Å². The summed E-state index contributed by atoms with van der Waals surface area (Å²) in [5.74, 6) is -2.38. The Morgan fingerprint density at radius 2 is 1.68 bits per heavy atom. The van der Waals surface area contributed by atoms with E-state index in [2.05, 4.69) is 5.32 Å². The first kappa shape index (κ1) is 26.7. The molecule has 3 N–H and O–H groups in total. The van der Waals surface area contributed by atoms with Crippen LogP contribution in [0.2, 0.25) is 0 Å². The van der Waals surface area contributed by atoms with E-state index in [-0.39, 0.29) is 28.1 Å². The number of sulfonamides is 1. The first-order chi connectivity index (χ1) is 19.1. The van der Waals surface area contributed by atoms with E-state index in [1.807, 2.05) is 17.5 Å². The van der Waals surface area contributed by atoms with Crippen LogP contribution in [0.25, 0.3) is 0 Å². The van der Waals surface area contributed by atoms with E-state index >= 15 is 0 Å². The van der Waals surface area contributed by atoms with Crippen molar-refractivity contribution < 1.29 is 22.8 Å². The number of hydrogen-bond donors (Lipinski definition) is 2. The monoisotopic (exact) mass is 612 g/mol. The van der Waals surface area contributed by atoms with E-state index in [1.54, 1.807) is 30.3 Å². The number of carbonyl (C=O) groups excluding carboxylic acids is 3. The quantitative estimate of drug-likeness (QED) is 0.318. The minimum absolute atomic E-state index is 0.0977. The van der Waals surface area contributed by atoms with Gasteiger partial charge in [-0.1, -0.05) is 47.4 Å². The van der Waals surface area contributed by atoms with Gasteiger partial charge in [0.2, 0.25) is 27.7 Å². The van der Waals surface area contributed by atoms with Gasteiger partial charge in [-0.15, -0.1) is 11.3 Å². The summed E-state index contributed by atoms with van der Waals surface area (Å²) in [6.45, 7) is -0.326. The Morgan fingerprint density at radius 3 is 2.33 bits per heavy atom. The van der Waals surface area contributed by atoms with Gasteiger partial charge >= 0.3 is 4.87 Å². The molecule has 0 unspecified atom stereocenters. The summed E-state index contributed by atoms with van der Waals surface area (Å²) in [6, 6.07) is 17.8. The molecule has 0 bridgehead atoms. The molecule has 0 radical (unpaired) electrons. The molecule has 204 valence electrons. The van der Waals surface area contributed by atoms with Gasteiger partial charge in [-0.25, -0.2) is 18.5 Å². The van der Waals surface area contributed by atoms with Crippen LogP contribution in [0.1, 0.15) is 15.7 Å². The molecule has 1 fully saturated rings. The van der Waals surface area contributed by atoms with Crippen LogP contribution in [-0.2, 0) is 31.0 Å². The van der Waals surface area contributed by atoms with E-state index in [9.17, 15) is 27.6 Å². The molecule has 2 aliphatic heterocycles. The Balaban J connectivity index is 1.34. The molecule has 0 aliphatic carbocycles. The van der Waals surface area contributed by atoms with Crippen LogP contribution >= 0.6 is 34.4 Å². The van der Waals surface area contributed by atoms with Crippen LogP contribution in [0.3, 0.4) is 0 Å². The van der Waals surface area contributed by atoms with Crippen molar-refractivity contribution in [1.29, 1.82) is 0 Å². The van der Waals surface area contributed by atoms with E-state index in [0.29, 0.717) is 21.3 Å². The fourth-order valence-corrected chi connectivity index (χ4v) is 9.17. The van der Waals surface area contributed by atoms with Crippen molar-refractivity contribution in [2.75, 3.05) is 10.2 Å². The molecular formula is C26H20N4O6S4. The number of nitrogens with one attached hydrogen (secondary N) is 1. The average molecular weight is 613 g/mol. The van der Waals surface area contributed by atoms with Gasteiger partial charge in [0, 0.05) is 21.4 Å². The number of anilines is 2. The van der Waals surface area contributed by atoms with Crippen LogP contribution < -0.4 is 20.2 Å². The predicted octanol–water partition coefficient (Wildman–Crippen LogP) is 3.05. The fraction of sp³-hybridized carbons (Fsp3) is 0.154. The molecule has 40 heavy (non-hydrogen) atoms. The van der Waals surface area contributed by atoms with Gasteiger partial charge in [0.15, 0.2) is 0 Å². The average Bonchev–Trinajstić information content (AvgIpc) is 3.62. The van der Waals surface area contributed by atoms with Gasteiger partial charge in [-0.05, 0) is 47.8 Å². The number of benzene rings is 2. The van der Waals surface area contributed by atoms with Crippen molar-refractivity contribution in [3.63, 3.8) is 0 Å². The highest BCUT2D eigenvalue weighted by Crippen LogP contribution is 2.54. The Morgan fingerprint density at radius 1 is 0.950 bits per heavy atom. The number of imide groups is 1. The summed E-state index contributed by atoms with van der Waals surface area (Å²) in [5, 5.41) is 9.39. The molecule has 2 aliphatic rings. The summed E-state index contributed by atoms with van der Waals surface area (Å²) >= 11 is 3.57. The van der Waals surface area contributed by atoms with Gasteiger partial charge in [-0.2, -0.15) is 0 Å². The lowest BCUT2D eigenvalue weighted by Crippen LogP contribution is -2.32. The number of thioether (sulfide) groups is 1. The highest BCUT2D eigenvalue weighted by molar-refractivity contribution is 8.00. The Labute approximate surface area is 240 Å². The molecular weight excluding hydrogens is 593 g/mol. The second kappa shape index (κ2) is 10.1. The number of thiophene rings is 1. The number of rotatable bonds is 6. The molecule has 14 heteroatoms. The third kappa shape index (κ3) is 4.61. The fourth-order valence-electron chi connectivity index (χ4n) is 4.93. The maximum absolute atomic E-state index is 13.7. The zero-order chi connectivity index (χ0) is 28.2. The standard InChI is InChI=1S/C26H20N4O6S4/c27-40(35,36)16-10-8-14(9-11-16)28-18(31)13-29-25-22(39-26(29)34)19(17-7-4-12-37-17)20-21(38-25)24(33)30(23(20)32)15-5-2-1-3-6-15/h1-12,19-21H,13H2,(H,28,31)(H2,27,35,36)/t19-,20-,21+/m0/s1. The van der Waals surface area contributed by atoms with Gasteiger partial charge in [0.05, 0.1) is 21.5 Å². The third-order valence-electron chi connectivity index (χ3n) is 6.68. The third-order valence-corrected chi connectivity index (χ3v) is 11.2. The highest BCUT2D eigenvalue weighted by atomic mass is 32.2. The number of carbonyl (C=O) groups is 3. The normalized spacial score (nSPS) is 20.3. The summed E-state index contributed by atoms with van der Waals surface area (Å²) in [5.41, 5.74) is 0.819. The van der Waals surface area contributed by atoms with E-state index in [0.717, 1.165) is 28.0 Å². The van der Waals surface area contributed by atoms with Gasteiger partial charge < -0.3 is 5.32 Å². The lowest BCUT2D eigenvalue weighted by Gasteiger charge is -2.29. The maximum atomic E-state index is 13.7. The van der Waals surface area contributed by atoms with Crippen molar-refractivity contribution in [3.05, 3.63) is 91.5 Å². The zero-order valence-electron chi connectivity index (χ0n) is 20.4. The minimum Gasteiger partial charge on any atom is -0.325 e. The van der Waals surface area contributed by atoms with Gasteiger partial charge in [0.1, 0.15) is 11.8 Å². The largest absolute Gasteiger partial charge is 0.325 e. The summed E-state index contributed by atoms with van der Waals surface area (Å²) < 4.78 is 24.3. The van der Waals surface area contributed by atoms with Gasteiger partial charge in [0.25, 0.3) is 0 Å². The van der Waals surface area contributed by atoms with Crippen LogP contribution in [0.15, 0.2) is 86.8 Å². The van der Waals surface area contributed by atoms with Crippen LogP contribution in [0.4, 0.5) is 11.4 Å². The molecule has 6 rings (SSSR count).